The summed E-state index contributed by atoms with van der Waals surface area (Å²) < 4.78 is 0. The number of thiocarbonyl (C=S) groups is 1. The molecule has 1 atom stereocenters. The molecule has 0 spiro atoms. The molecule has 2 aromatic rings. The molecule has 0 amide bonds. The number of hydrogen-bond acceptors (Lipinski definition) is 4. The summed E-state index contributed by atoms with van der Waals surface area (Å²) in [6.45, 7) is 0.518. The molecule has 19 heavy (non-hydrogen) atoms. The molecule has 1 heterocycles. The first-order chi connectivity index (χ1) is 9.36. The molecule has 0 fully saturated rings. The number of rotatable bonds is 3. The number of fused-ring (bicyclic) bond motifs is 1. The molecule has 0 bridgehead atoms. The summed E-state index contributed by atoms with van der Waals surface area (Å²) in [5.74, 6) is 0. The van der Waals surface area contributed by atoms with Crippen LogP contribution in [0.15, 0.2) is 52.6 Å². The smallest absolute Gasteiger partial charge is 0.153 e. The lowest BCUT2D eigenvalue weighted by Crippen LogP contribution is -2.11. The van der Waals surface area contributed by atoms with Crippen LogP contribution < -0.4 is 0 Å². The van der Waals surface area contributed by atoms with E-state index in [0.29, 0.717) is 6.54 Å². The Balaban J connectivity index is 1.83. The average Bonchev–Trinajstić information content (AvgIpc) is 2.93. The Morgan fingerprint density at radius 1 is 1.26 bits per heavy atom. The van der Waals surface area contributed by atoms with Gasteiger partial charge in [0.2, 0.25) is 0 Å². The van der Waals surface area contributed by atoms with Crippen molar-refractivity contribution in [1.29, 1.82) is 0 Å². The van der Waals surface area contributed by atoms with Crippen LogP contribution in [0.5, 0.6) is 0 Å². The average molecular weight is 268 g/mol. The van der Waals surface area contributed by atoms with Gasteiger partial charge in [0, 0.05) is 12.0 Å². The normalized spacial score (nSPS) is 17.7. The predicted molar refractivity (Wildman–Crippen MR) is 79.9 cm³/mol. The van der Waals surface area contributed by atoms with Gasteiger partial charge in [0.25, 0.3) is 0 Å². The molecule has 0 aromatic heterocycles. The van der Waals surface area contributed by atoms with Crippen LogP contribution in [-0.4, -0.2) is 23.5 Å². The van der Waals surface area contributed by atoms with Gasteiger partial charge in [-0.05, 0) is 29.1 Å². The number of hydrogen-bond donors (Lipinski definition) is 0. The van der Waals surface area contributed by atoms with E-state index in [9.17, 15) is 0 Å². The second kappa shape index (κ2) is 5.31. The molecule has 0 aliphatic carbocycles. The highest BCUT2D eigenvalue weighted by Crippen LogP contribution is 2.21. The summed E-state index contributed by atoms with van der Waals surface area (Å²) in [6, 6.07) is 14.6. The Kier molecular flexibility index (Phi) is 3.36. The van der Waals surface area contributed by atoms with Gasteiger partial charge in [-0.2, -0.15) is 0 Å². The zero-order valence-corrected chi connectivity index (χ0v) is 11.1. The van der Waals surface area contributed by atoms with E-state index in [2.05, 4.69) is 57.9 Å². The topological polar surface area (TPSA) is 34.0 Å². The van der Waals surface area contributed by atoms with Crippen molar-refractivity contribution in [1.82, 2.24) is 0 Å². The van der Waals surface area contributed by atoms with Gasteiger partial charge in [0.05, 0.1) is 17.4 Å². The van der Waals surface area contributed by atoms with Crippen molar-refractivity contribution in [2.45, 2.75) is 12.5 Å². The SMILES string of the molecule is S=C=NCC1CC(c2ccc3ccccc3c2)=NO1. The Labute approximate surface area is 116 Å². The fraction of sp³-hybridized carbons (Fsp3) is 0.200. The molecule has 3 nitrogen and oxygen atoms in total. The molecule has 4 heteroatoms. The first kappa shape index (κ1) is 12.0. The van der Waals surface area contributed by atoms with Crippen molar-refractivity contribution in [2.75, 3.05) is 6.54 Å². The van der Waals surface area contributed by atoms with E-state index < -0.39 is 0 Å². The van der Waals surface area contributed by atoms with Crippen molar-refractivity contribution in [3.05, 3.63) is 48.0 Å². The molecule has 0 saturated carbocycles. The van der Waals surface area contributed by atoms with E-state index in [4.69, 9.17) is 4.84 Å². The van der Waals surface area contributed by atoms with E-state index in [0.717, 1.165) is 17.7 Å². The largest absolute Gasteiger partial charge is 0.390 e. The minimum Gasteiger partial charge on any atom is -0.390 e. The van der Waals surface area contributed by atoms with Crippen LogP contribution in [0, 0.1) is 0 Å². The van der Waals surface area contributed by atoms with Crippen LogP contribution in [0.2, 0.25) is 0 Å². The van der Waals surface area contributed by atoms with Gasteiger partial charge < -0.3 is 4.84 Å². The van der Waals surface area contributed by atoms with Crippen LogP contribution in [0.4, 0.5) is 0 Å². The van der Waals surface area contributed by atoms with E-state index in [-0.39, 0.29) is 6.10 Å². The highest BCUT2D eigenvalue weighted by Gasteiger charge is 2.21. The molecule has 1 aliphatic rings. The van der Waals surface area contributed by atoms with E-state index in [1.54, 1.807) is 0 Å². The molecule has 0 N–H and O–H groups in total. The van der Waals surface area contributed by atoms with Crippen LogP contribution in [0.1, 0.15) is 12.0 Å². The molecular weight excluding hydrogens is 256 g/mol. The van der Waals surface area contributed by atoms with Crippen molar-refractivity contribution in [2.24, 2.45) is 10.1 Å². The van der Waals surface area contributed by atoms with Crippen molar-refractivity contribution < 1.29 is 4.84 Å². The maximum absolute atomic E-state index is 5.34. The van der Waals surface area contributed by atoms with Gasteiger partial charge in [-0.25, -0.2) is 4.99 Å². The summed E-state index contributed by atoms with van der Waals surface area (Å²) in [6.07, 6.45) is 0.746. The third kappa shape index (κ3) is 2.55. The van der Waals surface area contributed by atoms with Gasteiger partial charge in [-0.15, -0.1) is 0 Å². The Morgan fingerprint density at radius 2 is 2.11 bits per heavy atom. The van der Waals surface area contributed by atoms with Crippen LogP contribution >= 0.6 is 12.2 Å². The number of aliphatic imine (C=N–C) groups is 1. The Hall–Kier alpha value is -2.03. The zero-order valence-electron chi connectivity index (χ0n) is 10.2. The third-order valence-electron chi connectivity index (χ3n) is 3.18. The fourth-order valence-corrected chi connectivity index (χ4v) is 2.28. The van der Waals surface area contributed by atoms with Gasteiger partial charge in [-0.1, -0.05) is 41.6 Å². The molecule has 0 radical (unpaired) electrons. The predicted octanol–water partition coefficient (Wildman–Crippen LogP) is 3.44. The van der Waals surface area contributed by atoms with E-state index in [1.807, 2.05) is 12.1 Å². The highest BCUT2D eigenvalue weighted by atomic mass is 32.1. The first-order valence-corrected chi connectivity index (χ1v) is 6.53. The van der Waals surface area contributed by atoms with Crippen LogP contribution in [-0.2, 0) is 4.84 Å². The third-order valence-corrected chi connectivity index (χ3v) is 3.30. The standard InChI is InChI=1S/C15H12N2OS/c19-10-16-9-14-8-15(17-18-14)13-6-5-11-3-1-2-4-12(11)7-13/h1-7,14H,8-9H2. The fourth-order valence-electron chi connectivity index (χ4n) is 2.20. The van der Waals surface area contributed by atoms with Gasteiger partial charge in [0.1, 0.15) is 0 Å². The number of isothiocyanates is 1. The molecule has 2 aromatic carbocycles. The molecule has 1 unspecified atom stereocenters. The zero-order chi connectivity index (χ0) is 13.1. The Morgan fingerprint density at radius 3 is 2.95 bits per heavy atom. The van der Waals surface area contributed by atoms with Crippen molar-refractivity contribution in [3.8, 4) is 0 Å². The number of nitrogens with zero attached hydrogens (tertiary/aromatic N) is 2. The second-order valence-electron chi connectivity index (χ2n) is 4.46. The molecule has 94 valence electrons. The van der Waals surface area contributed by atoms with Gasteiger partial charge in [-0.3, -0.25) is 0 Å². The lowest BCUT2D eigenvalue weighted by atomic mass is 10.0. The molecule has 0 saturated heterocycles. The second-order valence-corrected chi connectivity index (χ2v) is 4.65. The minimum atomic E-state index is -0.0167. The van der Waals surface area contributed by atoms with Gasteiger partial charge >= 0.3 is 0 Å². The summed E-state index contributed by atoms with van der Waals surface area (Å²) >= 11 is 4.55. The molecule has 1 aliphatic heterocycles. The Bertz CT molecular complexity index is 689. The number of benzene rings is 2. The lowest BCUT2D eigenvalue weighted by Gasteiger charge is -2.03. The maximum atomic E-state index is 5.34. The summed E-state index contributed by atoms with van der Waals surface area (Å²) in [5.41, 5.74) is 2.07. The quantitative estimate of drug-likeness (QED) is 0.631. The highest BCUT2D eigenvalue weighted by molar-refractivity contribution is 7.78. The molecular formula is C15H12N2OS. The van der Waals surface area contributed by atoms with E-state index in [1.165, 1.54) is 10.8 Å². The van der Waals surface area contributed by atoms with Crippen molar-refractivity contribution in [3.63, 3.8) is 0 Å². The van der Waals surface area contributed by atoms with Gasteiger partial charge in [0.15, 0.2) is 6.10 Å². The van der Waals surface area contributed by atoms with E-state index >= 15 is 0 Å². The lowest BCUT2D eigenvalue weighted by molar-refractivity contribution is 0.0924. The maximum Gasteiger partial charge on any atom is 0.153 e. The van der Waals surface area contributed by atoms with Crippen LogP contribution in [0.3, 0.4) is 0 Å². The summed E-state index contributed by atoms with van der Waals surface area (Å²) in [7, 11) is 0. The first-order valence-electron chi connectivity index (χ1n) is 6.12. The number of oxime groups is 1. The minimum absolute atomic E-state index is 0.0167. The summed E-state index contributed by atoms with van der Waals surface area (Å²) in [4.78, 5) is 9.24. The van der Waals surface area contributed by atoms with Crippen LogP contribution in [0.25, 0.3) is 10.8 Å². The summed E-state index contributed by atoms with van der Waals surface area (Å²) in [5, 5.41) is 8.93. The van der Waals surface area contributed by atoms with Crippen molar-refractivity contribution >= 4 is 33.9 Å². The molecule has 3 rings (SSSR count). The monoisotopic (exact) mass is 268 g/mol.